The zero-order valence-corrected chi connectivity index (χ0v) is 13.5. The van der Waals surface area contributed by atoms with E-state index in [-0.39, 0.29) is 0 Å². The van der Waals surface area contributed by atoms with E-state index in [0.717, 1.165) is 21.9 Å². The number of nitrogens with zero attached hydrogens (tertiary/aromatic N) is 3. The lowest BCUT2D eigenvalue weighted by atomic mass is 10.0. The molecule has 0 amide bonds. The fourth-order valence-corrected chi connectivity index (χ4v) is 3.16. The summed E-state index contributed by atoms with van der Waals surface area (Å²) in [5, 5.41) is 5.21. The molecular formula is C19H15N3S. The Morgan fingerprint density at radius 3 is 2.26 bits per heavy atom. The standard InChI is InChI=1S/C19H15N3S/c1-23-19-21-18(13-17-11-12-20-22(17)19)16-9-7-15(8-10-16)14-5-3-2-4-6-14/h2-13H,1H3. The molecular weight excluding hydrogens is 302 g/mol. The van der Waals surface area contributed by atoms with E-state index in [1.54, 1.807) is 18.0 Å². The zero-order chi connectivity index (χ0) is 15.6. The van der Waals surface area contributed by atoms with Gasteiger partial charge in [-0.15, -0.1) is 0 Å². The van der Waals surface area contributed by atoms with E-state index in [2.05, 4.69) is 59.7 Å². The molecule has 0 spiro atoms. The summed E-state index contributed by atoms with van der Waals surface area (Å²) in [6.45, 7) is 0. The van der Waals surface area contributed by atoms with Gasteiger partial charge in [0.2, 0.25) is 0 Å². The van der Waals surface area contributed by atoms with E-state index < -0.39 is 0 Å². The molecule has 112 valence electrons. The first-order valence-electron chi connectivity index (χ1n) is 7.40. The van der Waals surface area contributed by atoms with Crippen molar-refractivity contribution in [2.75, 3.05) is 6.26 Å². The molecule has 2 heterocycles. The fraction of sp³-hybridized carbons (Fsp3) is 0.0526. The van der Waals surface area contributed by atoms with Gasteiger partial charge in [0.1, 0.15) is 0 Å². The zero-order valence-electron chi connectivity index (χ0n) is 12.7. The van der Waals surface area contributed by atoms with Crippen molar-refractivity contribution in [1.29, 1.82) is 0 Å². The third-order valence-corrected chi connectivity index (χ3v) is 4.45. The molecule has 0 saturated carbocycles. The second-order valence-corrected chi connectivity index (χ2v) is 6.01. The second kappa shape index (κ2) is 5.89. The van der Waals surface area contributed by atoms with Gasteiger partial charge in [-0.2, -0.15) is 5.10 Å². The van der Waals surface area contributed by atoms with Crippen LogP contribution in [0.15, 0.2) is 78.1 Å². The molecule has 0 bridgehead atoms. The highest BCUT2D eigenvalue weighted by Gasteiger charge is 2.08. The van der Waals surface area contributed by atoms with Crippen LogP contribution in [0.3, 0.4) is 0 Å². The van der Waals surface area contributed by atoms with E-state index in [9.17, 15) is 0 Å². The number of benzene rings is 2. The fourth-order valence-electron chi connectivity index (χ4n) is 2.65. The number of rotatable bonds is 3. The predicted octanol–water partition coefficient (Wildman–Crippen LogP) is 4.79. The van der Waals surface area contributed by atoms with Crippen LogP contribution in [0.2, 0.25) is 0 Å². The number of aromatic nitrogens is 3. The van der Waals surface area contributed by atoms with Crippen LogP contribution >= 0.6 is 11.8 Å². The average Bonchev–Trinajstić information content (AvgIpc) is 3.10. The smallest absolute Gasteiger partial charge is 0.189 e. The molecule has 0 aliphatic rings. The monoisotopic (exact) mass is 317 g/mol. The van der Waals surface area contributed by atoms with Gasteiger partial charge in [0.25, 0.3) is 0 Å². The van der Waals surface area contributed by atoms with E-state index in [1.165, 1.54) is 11.1 Å². The second-order valence-electron chi connectivity index (χ2n) is 5.24. The minimum absolute atomic E-state index is 0.898. The highest BCUT2D eigenvalue weighted by atomic mass is 32.2. The van der Waals surface area contributed by atoms with Gasteiger partial charge in [-0.25, -0.2) is 9.50 Å². The first-order chi connectivity index (χ1) is 11.3. The molecule has 2 aromatic carbocycles. The Hall–Kier alpha value is -2.59. The van der Waals surface area contributed by atoms with E-state index in [4.69, 9.17) is 4.98 Å². The molecule has 2 aromatic heterocycles. The molecule has 0 N–H and O–H groups in total. The average molecular weight is 317 g/mol. The van der Waals surface area contributed by atoms with Gasteiger partial charge >= 0.3 is 0 Å². The summed E-state index contributed by atoms with van der Waals surface area (Å²) in [4.78, 5) is 4.73. The lowest BCUT2D eigenvalue weighted by molar-refractivity contribution is 0.799. The van der Waals surface area contributed by atoms with Crippen LogP contribution in [0.25, 0.3) is 27.9 Å². The number of hydrogen-bond donors (Lipinski definition) is 0. The third kappa shape index (κ3) is 2.62. The summed E-state index contributed by atoms with van der Waals surface area (Å²) < 4.78 is 1.87. The Labute approximate surface area is 139 Å². The van der Waals surface area contributed by atoms with Gasteiger partial charge in [-0.3, -0.25) is 0 Å². The van der Waals surface area contributed by atoms with Crippen LogP contribution < -0.4 is 0 Å². The van der Waals surface area contributed by atoms with Crippen molar-refractivity contribution in [3.05, 3.63) is 72.9 Å². The van der Waals surface area contributed by atoms with Crippen molar-refractivity contribution in [2.45, 2.75) is 5.16 Å². The molecule has 4 rings (SSSR count). The van der Waals surface area contributed by atoms with Crippen molar-refractivity contribution >= 4 is 17.3 Å². The minimum atomic E-state index is 0.898. The molecule has 23 heavy (non-hydrogen) atoms. The topological polar surface area (TPSA) is 30.2 Å². The van der Waals surface area contributed by atoms with Crippen molar-refractivity contribution in [3.8, 4) is 22.4 Å². The van der Waals surface area contributed by atoms with Gasteiger partial charge in [-0.05, 0) is 29.5 Å². The molecule has 4 aromatic rings. The largest absolute Gasteiger partial charge is 0.222 e. The lowest BCUT2D eigenvalue weighted by Crippen LogP contribution is -1.97. The van der Waals surface area contributed by atoms with Crippen molar-refractivity contribution < 1.29 is 0 Å². The normalized spacial score (nSPS) is 11.0. The first kappa shape index (κ1) is 14.0. The summed E-state index contributed by atoms with van der Waals surface area (Å²) in [6, 6.07) is 23.0. The van der Waals surface area contributed by atoms with Gasteiger partial charge < -0.3 is 0 Å². The first-order valence-corrected chi connectivity index (χ1v) is 8.62. The van der Waals surface area contributed by atoms with Crippen LogP contribution in [-0.2, 0) is 0 Å². The Morgan fingerprint density at radius 1 is 0.826 bits per heavy atom. The van der Waals surface area contributed by atoms with Gasteiger partial charge in [0, 0.05) is 5.56 Å². The molecule has 0 aliphatic carbocycles. The van der Waals surface area contributed by atoms with Crippen molar-refractivity contribution in [1.82, 2.24) is 14.6 Å². The predicted molar refractivity (Wildman–Crippen MR) is 95.6 cm³/mol. The molecule has 0 fully saturated rings. The molecule has 0 aliphatic heterocycles. The Morgan fingerprint density at radius 2 is 1.52 bits per heavy atom. The Bertz CT molecular complexity index is 943. The van der Waals surface area contributed by atoms with Crippen molar-refractivity contribution in [2.24, 2.45) is 0 Å². The van der Waals surface area contributed by atoms with Crippen LogP contribution in [0.4, 0.5) is 0 Å². The lowest BCUT2D eigenvalue weighted by Gasteiger charge is -2.07. The van der Waals surface area contributed by atoms with E-state index >= 15 is 0 Å². The summed E-state index contributed by atoms with van der Waals surface area (Å²) in [6.07, 6.45) is 3.82. The van der Waals surface area contributed by atoms with Crippen LogP contribution in [0, 0.1) is 0 Å². The van der Waals surface area contributed by atoms with Gasteiger partial charge in [0.15, 0.2) is 5.16 Å². The van der Waals surface area contributed by atoms with Gasteiger partial charge in [0.05, 0.1) is 17.4 Å². The quantitative estimate of drug-likeness (QED) is 0.402. The van der Waals surface area contributed by atoms with Crippen LogP contribution in [0.5, 0.6) is 0 Å². The highest BCUT2D eigenvalue weighted by molar-refractivity contribution is 7.98. The summed E-state index contributed by atoms with van der Waals surface area (Å²) in [5.74, 6) is 0. The van der Waals surface area contributed by atoms with Crippen LogP contribution in [0.1, 0.15) is 0 Å². The van der Waals surface area contributed by atoms with Crippen molar-refractivity contribution in [3.63, 3.8) is 0 Å². The third-order valence-electron chi connectivity index (χ3n) is 3.82. The highest BCUT2D eigenvalue weighted by Crippen LogP contribution is 2.26. The maximum absolute atomic E-state index is 4.73. The minimum Gasteiger partial charge on any atom is -0.222 e. The Kier molecular flexibility index (Phi) is 3.60. The summed E-state index contributed by atoms with van der Waals surface area (Å²) >= 11 is 1.60. The van der Waals surface area contributed by atoms with E-state index in [1.807, 2.05) is 22.9 Å². The number of hydrogen-bond acceptors (Lipinski definition) is 3. The molecule has 0 radical (unpaired) electrons. The number of thioether (sulfide) groups is 1. The summed E-state index contributed by atoms with van der Waals surface area (Å²) in [7, 11) is 0. The molecule has 4 heteroatoms. The maximum Gasteiger partial charge on any atom is 0.189 e. The Balaban J connectivity index is 1.76. The summed E-state index contributed by atoms with van der Waals surface area (Å²) in [5.41, 5.74) is 5.59. The van der Waals surface area contributed by atoms with E-state index in [0.29, 0.717) is 0 Å². The van der Waals surface area contributed by atoms with Gasteiger partial charge in [-0.1, -0.05) is 66.4 Å². The SMILES string of the molecule is CSc1nc(-c2ccc(-c3ccccc3)cc2)cc2ccnn12. The molecule has 0 unspecified atom stereocenters. The maximum atomic E-state index is 4.73. The van der Waals surface area contributed by atoms with Crippen LogP contribution in [-0.4, -0.2) is 20.9 Å². The molecule has 3 nitrogen and oxygen atoms in total. The molecule has 0 saturated heterocycles. The number of fused-ring (bicyclic) bond motifs is 1. The molecule has 0 atom stereocenters.